The molecule has 0 aliphatic carbocycles. The van der Waals surface area contributed by atoms with Gasteiger partial charge in [0.05, 0.1) is 10.2 Å². The zero-order valence-corrected chi connectivity index (χ0v) is 12.3. The summed E-state index contributed by atoms with van der Waals surface area (Å²) in [7, 11) is 4.35. The number of fused-ring (bicyclic) bond motifs is 1. The third kappa shape index (κ3) is 2.53. The number of nitrogens with zero attached hydrogens (tertiary/aromatic N) is 3. The molecule has 0 bridgehead atoms. The smallest absolute Gasteiger partial charge is 0.186 e. The molecule has 0 amide bonds. The van der Waals surface area contributed by atoms with E-state index in [1.54, 1.807) is 11.3 Å². The number of likely N-dealkylation sites (tertiary alicyclic amines) is 1. The van der Waals surface area contributed by atoms with Gasteiger partial charge in [-0.1, -0.05) is 11.3 Å². The number of hydrogen-bond acceptors (Lipinski definition) is 5. The Bertz CT molecular complexity index is 580. The third-order valence-electron chi connectivity index (χ3n) is 3.85. The van der Waals surface area contributed by atoms with Crippen LogP contribution in [0, 0.1) is 0 Å². The Morgan fingerprint density at radius 2 is 2.32 bits per heavy atom. The molecular formula is C14H20N4S. The molecule has 0 saturated carbocycles. The number of rotatable bonds is 2. The summed E-state index contributed by atoms with van der Waals surface area (Å²) >= 11 is 1.73. The van der Waals surface area contributed by atoms with Gasteiger partial charge in [-0.15, -0.1) is 0 Å². The van der Waals surface area contributed by atoms with Gasteiger partial charge < -0.3 is 15.5 Å². The van der Waals surface area contributed by atoms with Crippen molar-refractivity contribution in [2.45, 2.75) is 18.9 Å². The van der Waals surface area contributed by atoms with Gasteiger partial charge in [-0.05, 0) is 44.6 Å². The topological polar surface area (TPSA) is 45.4 Å². The number of nitrogen functional groups attached to an aromatic ring is 1. The second-order valence-electron chi connectivity index (χ2n) is 5.39. The molecule has 1 saturated heterocycles. The van der Waals surface area contributed by atoms with Crippen molar-refractivity contribution >= 4 is 32.4 Å². The summed E-state index contributed by atoms with van der Waals surface area (Å²) < 4.78 is 1.17. The van der Waals surface area contributed by atoms with E-state index < -0.39 is 0 Å². The van der Waals surface area contributed by atoms with Crippen LogP contribution >= 0.6 is 11.3 Å². The molecule has 0 radical (unpaired) electrons. The first-order valence-corrected chi connectivity index (χ1v) is 7.52. The zero-order chi connectivity index (χ0) is 13.4. The molecule has 3 rings (SSSR count). The fourth-order valence-electron chi connectivity index (χ4n) is 2.69. The predicted octanol–water partition coefficient (Wildman–Crippen LogP) is 2.41. The van der Waals surface area contributed by atoms with Gasteiger partial charge in [0.15, 0.2) is 5.13 Å². The van der Waals surface area contributed by atoms with Gasteiger partial charge in [-0.25, -0.2) is 4.98 Å². The maximum Gasteiger partial charge on any atom is 0.186 e. The largest absolute Gasteiger partial charge is 0.399 e. The highest BCUT2D eigenvalue weighted by Crippen LogP contribution is 2.31. The fourth-order valence-corrected chi connectivity index (χ4v) is 3.74. The Kier molecular flexibility index (Phi) is 3.33. The van der Waals surface area contributed by atoms with Gasteiger partial charge in [-0.2, -0.15) is 0 Å². The average molecular weight is 276 g/mol. The summed E-state index contributed by atoms with van der Waals surface area (Å²) in [6, 6.07) is 6.50. The van der Waals surface area contributed by atoms with Crippen molar-refractivity contribution in [1.29, 1.82) is 0 Å². The van der Waals surface area contributed by atoms with Crippen molar-refractivity contribution in [3.63, 3.8) is 0 Å². The van der Waals surface area contributed by atoms with Crippen molar-refractivity contribution in [1.82, 2.24) is 9.88 Å². The van der Waals surface area contributed by atoms with Crippen LogP contribution < -0.4 is 10.6 Å². The van der Waals surface area contributed by atoms with Crippen LogP contribution in [0.25, 0.3) is 10.2 Å². The lowest BCUT2D eigenvalue weighted by Crippen LogP contribution is -2.45. The van der Waals surface area contributed by atoms with E-state index in [-0.39, 0.29) is 0 Å². The minimum Gasteiger partial charge on any atom is -0.399 e. The van der Waals surface area contributed by atoms with Crippen molar-refractivity contribution in [2.24, 2.45) is 0 Å². The van der Waals surface area contributed by atoms with Crippen LogP contribution in [0.5, 0.6) is 0 Å². The summed E-state index contributed by atoms with van der Waals surface area (Å²) in [6.45, 7) is 2.33. The number of hydrogen-bond donors (Lipinski definition) is 1. The van der Waals surface area contributed by atoms with Crippen LogP contribution in [0.3, 0.4) is 0 Å². The molecule has 1 aromatic carbocycles. The Balaban J connectivity index is 1.86. The number of benzene rings is 1. The molecular weight excluding hydrogens is 256 g/mol. The highest BCUT2D eigenvalue weighted by Gasteiger charge is 2.23. The van der Waals surface area contributed by atoms with Crippen molar-refractivity contribution in [2.75, 3.05) is 37.8 Å². The SMILES string of the molecule is CN1CCCC(N(C)c2nc3ccc(N)cc3s2)C1. The molecule has 1 aromatic heterocycles. The normalized spacial score (nSPS) is 20.8. The van der Waals surface area contributed by atoms with Gasteiger partial charge in [-0.3, -0.25) is 0 Å². The zero-order valence-electron chi connectivity index (χ0n) is 11.5. The maximum atomic E-state index is 5.83. The molecule has 4 nitrogen and oxygen atoms in total. The van der Waals surface area contributed by atoms with Gasteiger partial charge in [0.2, 0.25) is 0 Å². The van der Waals surface area contributed by atoms with Crippen LogP contribution in [-0.2, 0) is 0 Å². The first kappa shape index (κ1) is 12.7. The van der Waals surface area contributed by atoms with Crippen LogP contribution in [0.15, 0.2) is 18.2 Å². The maximum absolute atomic E-state index is 5.83. The summed E-state index contributed by atoms with van der Waals surface area (Å²) in [6.07, 6.45) is 2.52. The monoisotopic (exact) mass is 276 g/mol. The Morgan fingerprint density at radius 3 is 3.11 bits per heavy atom. The van der Waals surface area contributed by atoms with Gasteiger partial charge >= 0.3 is 0 Å². The highest BCUT2D eigenvalue weighted by molar-refractivity contribution is 7.22. The Morgan fingerprint density at radius 1 is 1.47 bits per heavy atom. The molecule has 5 heteroatoms. The number of thiazole rings is 1. The highest BCUT2D eigenvalue weighted by atomic mass is 32.1. The average Bonchev–Trinajstić information content (AvgIpc) is 2.80. The van der Waals surface area contributed by atoms with Crippen LogP contribution in [0.4, 0.5) is 10.8 Å². The van der Waals surface area contributed by atoms with Gasteiger partial charge in [0.1, 0.15) is 0 Å². The van der Waals surface area contributed by atoms with Crippen molar-refractivity contribution < 1.29 is 0 Å². The lowest BCUT2D eigenvalue weighted by Gasteiger charge is -2.35. The van der Waals surface area contributed by atoms with E-state index in [4.69, 9.17) is 10.7 Å². The van der Waals surface area contributed by atoms with Gasteiger partial charge in [0, 0.05) is 25.3 Å². The lowest BCUT2D eigenvalue weighted by molar-refractivity contribution is 0.248. The Labute approximate surface area is 117 Å². The molecule has 1 atom stereocenters. The molecule has 19 heavy (non-hydrogen) atoms. The molecule has 1 aliphatic rings. The number of likely N-dealkylation sites (N-methyl/N-ethyl adjacent to an activating group) is 2. The van der Waals surface area contributed by atoms with E-state index in [0.717, 1.165) is 22.9 Å². The van der Waals surface area contributed by atoms with Crippen LogP contribution in [0.1, 0.15) is 12.8 Å². The van der Waals surface area contributed by atoms with Crippen molar-refractivity contribution in [3.05, 3.63) is 18.2 Å². The number of anilines is 2. The number of nitrogens with two attached hydrogens (primary N) is 1. The van der Waals surface area contributed by atoms with Gasteiger partial charge in [0.25, 0.3) is 0 Å². The summed E-state index contributed by atoms with van der Waals surface area (Å²) in [5, 5.41) is 1.10. The van der Waals surface area contributed by atoms with E-state index in [1.807, 2.05) is 18.2 Å². The third-order valence-corrected chi connectivity index (χ3v) is 4.96. The molecule has 2 aromatic rings. The molecule has 2 N–H and O–H groups in total. The van der Waals surface area contributed by atoms with Crippen LogP contribution in [0.2, 0.25) is 0 Å². The predicted molar refractivity (Wildman–Crippen MR) is 83.0 cm³/mol. The summed E-state index contributed by atoms with van der Waals surface area (Å²) in [4.78, 5) is 9.45. The van der Waals surface area contributed by atoms with E-state index in [9.17, 15) is 0 Å². The van der Waals surface area contributed by atoms with E-state index >= 15 is 0 Å². The molecule has 102 valence electrons. The molecule has 0 spiro atoms. The van der Waals surface area contributed by atoms with E-state index in [2.05, 4.69) is 23.9 Å². The molecule has 1 aliphatic heterocycles. The summed E-state index contributed by atoms with van der Waals surface area (Å²) in [5.74, 6) is 0. The standard InChI is InChI=1S/C14H20N4S/c1-17-7-3-4-11(9-17)18(2)14-16-12-6-5-10(15)8-13(12)19-14/h5-6,8,11H,3-4,7,9,15H2,1-2H3. The molecule has 2 heterocycles. The fraction of sp³-hybridized carbons (Fsp3) is 0.500. The second kappa shape index (κ2) is 4.98. The first-order valence-electron chi connectivity index (χ1n) is 6.71. The second-order valence-corrected chi connectivity index (χ2v) is 6.40. The van der Waals surface area contributed by atoms with Crippen molar-refractivity contribution in [3.8, 4) is 0 Å². The first-order chi connectivity index (χ1) is 9.13. The van der Waals surface area contributed by atoms with E-state index in [1.165, 1.54) is 24.1 Å². The minimum atomic E-state index is 0.566. The van der Waals surface area contributed by atoms with E-state index in [0.29, 0.717) is 6.04 Å². The number of piperidine rings is 1. The quantitative estimate of drug-likeness (QED) is 0.856. The minimum absolute atomic E-state index is 0.566. The summed E-state index contributed by atoms with van der Waals surface area (Å²) in [5.41, 5.74) is 7.68. The lowest BCUT2D eigenvalue weighted by atomic mass is 10.1. The molecule has 1 fully saturated rings. The van der Waals surface area contributed by atoms with Crippen LogP contribution in [-0.4, -0.2) is 43.1 Å². The Hall–Kier alpha value is -1.33. The number of aromatic nitrogens is 1. The molecule has 1 unspecified atom stereocenters.